The van der Waals surface area contributed by atoms with Gasteiger partial charge in [-0.1, -0.05) is 32.1 Å². The zero-order valence-electron chi connectivity index (χ0n) is 21.7. The molecule has 3 aromatic rings. The number of rotatable bonds is 6. The number of hydrogen-bond acceptors (Lipinski definition) is 9. The zero-order valence-corrected chi connectivity index (χ0v) is 22.5. The number of nitrogens with zero attached hydrogens (tertiary/aromatic N) is 8. The second-order valence-electron chi connectivity index (χ2n) is 10.2. The van der Waals surface area contributed by atoms with Crippen LogP contribution in [0.4, 0.5) is 31.3 Å². The van der Waals surface area contributed by atoms with Gasteiger partial charge in [-0.2, -0.15) is 31.4 Å². The Morgan fingerprint density at radius 2 is 1.70 bits per heavy atom. The van der Waals surface area contributed by atoms with E-state index >= 15 is 0 Å². The van der Waals surface area contributed by atoms with Gasteiger partial charge in [0.25, 0.3) is 0 Å². The molecular formula is C23H26F6N8O2S. The normalized spacial score (nSPS) is 17.0. The van der Waals surface area contributed by atoms with Gasteiger partial charge in [0.15, 0.2) is 5.82 Å². The van der Waals surface area contributed by atoms with Crippen LogP contribution >= 0.6 is 11.3 Å². The van der Waals surface area contributed by atoms with E-state index in [2.05, 4.69) is 25.0 Å². The van der Waals surface area contributed by atoms with Crippen LogP contribution in [-0.4, -0.2) is 77.9 Å². The van der Waals surface area contributed by atoms with Gasteiger partial charge in [0.05, 0.1) is 6.04 Å². The van der Waals surface area contributed by atoms with Crippen molar-refractivity contribution in [1.29, 1.82) is 0 Å². The summed E-state index contributed by atoms with van der Waals surface area (Å²) in [7, 11) is 0. The van der Waals surface area contributed by atoms with Gasteiger partial charge in [-0.25, -0.2) is 24.6 Å². The van der Waals surface area contributed by atoms with E-state index in [0.717, 1.165) is 12.4 Å². The van der Waals surface area contributed by atoms with E-state index in [1.807, 2.05) is 20.8 Å². The van der Waals surface area contributed by atoms with E-state index in [1.165, 1.54) is 15.9 Å². The number of alkyl halides is 6. The molecule has 1 aliphatic rings. The van der Waals surface area contributed by atoms with Crippen molar-refractivity contribution in [3.63, 3.8) is 0 Å². The Bertz CT molecular complexity index is 1330. The van der Waals surface area contributed by atoms with Crippen molar-refractivity contribution in [3.8, 4) is 11.3 Å². The zero-order chi connectivity index (χ0) is 29.5. The maximum absolute atomic E-state index is 13.6. The molecule has 0 aromatic carbocycles. The quantitative estimate of drug-likeness (QED) is 0.432. The molecule has 1 amide bonds. The predicted molar refractivity (Wildman–Crippen MR) is 131 cm³/mol. The molecule has 3 aromatic heterocycles. The largest absolute Gasteiger partial charge is 0.451 e. The SMILES string of the molecule is CC(C)(C)c1ncn(CC(=O)N2CCN(c3sc(C(F)(F)F)nc3-c3cnc(C(F)(F)F)nc3)CC2CCO)n1. The lowest BCUT2D eigenvalue weighted by molar-refractivity contribution is -0.145. The molecule has 0 aliphatic carbocycles. The lowest BCUT2D eigenvalue weighted by Crippen LogP contribution is -2.56. The summed E-state index contributed by atoms with van der Waals surface area (Å²) in [6, 6.07) is -0.565. The van der Waals surface area contributed by atoms with E-state index in [1.54, 1.807) is 4.90 Å². The number of amides is 1. The molecule has 1 aliphatic heterocycles. The summed E-state index contributed by atoms with van der Waals surface area (Å²) in [6.07, 6.45) is -6.45. The minimum atomic E-state index is -4.82. The van der Waals surface area contributed by atoms with Crippen LogP contribution in [-0.2, 0) is 29.1 Å². The molecule has 40 heavy (non-hydrogen) atoms. The first-order valence-corrected chi connectivity index (χ1v) is 12.9. The highest BCUT2D eigenvalue weighted by molar-refractivity contribution is 7.16. The van der Waals surface area contributed by atoms with Gasteiger partial charge in [0, 0.05) is 49.6 Å². The Balaban J connectivity index is 1.59. The smallest absolute Gasteiger partial charge is 0.396 e. The van der Waals surface area contributed by atoms with E-state index in [9.17, 15) is 36.2 Å². The van der Waals surface area contributed by atoms with Crippen LogP contribution in [0.3, 0.4) is 0 Å². The predicted octanol–water partition coefficient (Wildman–Crippen LogP) is 3.63. The molecule has 10 nitrogen and oxygen atoms in total. The number of hydrogen-bond donors (Lipinski definition) is 1. The third-order valence-corrected chi connectivity index (χ3v) is 7.25. The fraction of sp³-hybridized carbons (Fsp3) is 0.565. The average Bonchev–Trinajstić information content (AvgIpc) is 3.51. The van der Waals surface area contributed by atoms with Crippen LogP contribution in [0.1, 0.15) is 43.8 Å². The van der Waals surface area contributed by atoms with Crippen molar-refractivity contribution >= 4 is 22.2 Å². The summed E-state index contributed by atoms with van der Waals surface area (Å²) in [6.45, 7) is 5.69. The average molecular weight is 593 g/mol. The Hall–Kier alpha value is -3.34. The standard InChI is InChI=1S/C23H26F6N8O2S/c1-21(2,3)18-32-12-36(34-18)11-15(39)37-6-5-35(10-14(37)4-7-38)17-16(33-20(40-17)23(27,28)29)13-8-30-19(31-9-13)22(24,25)26/h8-9,12,14,38H,4-7,10-11H2,1-3H3. The maximum atomic E-state index is 13.6. The third kappa shape index (κ3) is 6.51. The fourth-order valence-electron chi connectivity index (χ4n) is 4.14. The molecule has 4 heterocycles. The highest BCUT2D eigenvalue weighted by Crippen LogP contribution is 2.43. The number of thiazole rings is 1. The highest BCUT2D eigenvalue weighted by atomic mass is 32.1. The monoisotopic (exact) mass is 592 g/mol. The Kier molecular flexibility index (Phi) is 8.08. The summed E-state index contributed by atoms with van der Waals surface area (Å²) >= 11 is 0.339. The molecule has 0 spiro atoms. The lowest BCUT2D eigenvalue weighted by Gasteiger charge is -2.42. The van der Waals surface area contributed by atoms with E-state index in [-0.39, 0.29) is 66.8 Å². The molecule has 1 atom stereocenters. The van der Waals surface area contributed by atoms with Crippen molar-refractivity contribution in [2.24, 2.45) is 0 Å². The molecule has 1 fully saturated rings. The number of aliphatic hydroxyl groups is 1. The van der Waals surface area contributed by atoms with Gasteiger partial charge in [-0.3, -0.25) is 4.79 Å². The van der Waals surface area contributed by atoms with Crippen molar-refractivity contribution in [2.75, 3.05) is 31.1 Å². The molecule has 0 bridgehead atoms. The van der Waals surface area contributed by atoms with Crippen LogP contribution in [0, 0.1) is 0 Å². The van der Waals surface area contributed by atoms with Gasteiger partial charge in [0.1, 0.15) is 23.6 Å². The minimum Gasteiger partial charge on any atom is -0.396 e. The highest BCUT2D eigenvalue weighted by Gasteiger charge is 2.40. The Morgan fingerprint density at radius 1 is 1.02 bits per heavy atom. The first kappa shape index (κ1) is 29.6. The van der Waals surface area contributed by atoms with E-state index < -0.39 is 29.2 Å². The second-order valence-corrected chi connectivity index (χ2v) is 11.2. The molecule has 218 valence electrons. The summed E-state index contributed by atoms with van der Waals surface area (Å²) in [5, 5.41) is 12.9. The molecule has 4 rings (SSSR count). The van der Waals surface area contributed by atoms with Crippen molar-refractivity contribution in [3.05, 3.63) is 35.4 Å². The van der Waals surface area contributed by atoms with Crippen LogP contribution in [0.15, 0.2) is 18.7 Å². The number of carbonyl (C=O) groups excluding carboxylic acids is 1. The first-order valence-electron chi connectivity index (χ1n) is 12.1. The molecule has 1 saturated heterocycles. The van der Waals surface area contributed by atoms with Gasteiger partial charge in [-0.05, 0) is 6.42 Å². The summed E-state index contributed by atoms with van der Waals surface area (Å²) in [5.41, 5.74) is -0.655. The fourth-order valence-corrected chi connectivity index (χ4v) is 5.13. The second kappa shape index (κ2) is 10.9. The molecule has 17 heteroatoms. The van der Waals surface area contributed by atoms with Crippen molar-refractivity contribution in [2.45, 2.75) is 57.5 Å². The molecule has 1 N–H and O–H groups in total. The molecule has 1 unspecified atom stereocenters. The van der Waals surface area contributed by atoms with Crippen LogP contribution in [0.25, 0.3) is 11.3 Å². The maximum Gasteiger partial charge on any atom is 0.451 e. The van der Waals surface area contributed by atoms with Gasteiger partial charge in [0.2, 0.25) is 16.7 Å². The number of anilines is 1. The first-order chi connectivity index (χ1) is 18.6. The van der Waals surface area contributed by atoms with E-state index in [0.29, 0.717) is 17.2 Å². The van der Waals surface area contributed by atoms with Crippen molar-refractivity contribution in [1.82, 2.24) is 34.6 Å². The molecular weight excluding hydrogens is 566 g/mol. The van der Waals surface area contributed by atoms with Crippen molar-refractivity contribution < 1.29 is 36.2 Å². The summed E-state index contributed by atoms with van der Waals surface area (Å²) < 4.78 is 80.9. The van der Waals surface area contributed by atoms with Gasteiger partial charge < -0.3 is 14.9 Å². The molecule has 0 saturated carbocycles. The van der Waals surface area contributed by atoms with E-state index in [4.69, 9.17) is 0 Å². The van der Waals surface area contributed by atoms with Crippen LogP contribution in [0.5, 0.6) is 0 Å². The van der Waals surface area contributed by atoms with Crippen LogP contribution < -0.4 is 4.90 Å². The minimum absolute atomic E-state index is 0.0526. The third-order valence-electron chi connectivity index (χ3n) is 6.09. The number of aliphatic hydroxyl groups excluding tert-OH is 1. The number of carbonyl (C=O) groups is 1. The Morgan fingerprint density at radius 3 is 2.25 bits per heavy atom. The van der Waals surface area contributed by atoms with Gasteiger partial charge in [-0.15, -0.1) is 0 Å². The number of aromatic nitrogens is 6. The van der Waals surface area contributed by atoms with Crippen LogP contribution in [0.2, 0.25) is 0 Å². The topological polar surface area (TPSA) is 113 Å². The Labute approximate surface area is 228 Å². The summed E-state index contributed by atoms with van der Waals surface area (Å²) in [5.74, 6) is -1.18. The van der Waals surface area contributed by atoms with Gasteiger partial charge >= 0.3 is 12.4 Å². The summed E-state index contributed by atoms with van der Waals surface area (Å²) in [4.78, 5) is 30.7. The number of piperazine rings is 1. The number of halogens is 6. The molecule has 0 radical (unpaired) electrons. The lowest BCUT2D eigenvalue weighted by atomic mass is 9.96.